The third-order valence-electron chi connectivity index (χ3n) is 4.38. The monoisotopic (exact) mass is 323 g/mol. The zero-order valence-electron chi connectivity index (χ0n) is 13.4. The molecule has 3 aromatic rings. The van der Waals surface area contributed by atoms with Crippen molar-refractivity contribution in [1.29, 1.82) is 0 Å². The number of aromatic nitrogens is 2. The fraction of sp³-hybridized carbons (Fsp3) is 0.263. The van der Waals surface area contributed by atoms with Crippen LogP contribution < -0.4 is 0 Å². The van der Waals surface area contributed by atoms with Crippen LogP contribution in [0.15, 0.2) is 48.8 Å². The number of pyridine rings is 1. The summed E-state index contributed by atoms with van der Waals surface area (Å²) in [5, 5.41) is 0. The van der Waals surface area contributed by atoms with Crippen LogP contribution in [0, 0.1) is 12.7 Å². The summed E-state index contributed by atoms with van der Waals surface area (Å²) < 4.78 is 15.8. The third-order valence-corrected chi connectivity index (χ3v) is 4.38. The molecule has 0 radical (unpaired) electrons. The van der Waals surface area contributed by atoms with Gasteiger partial charge in [-0.2, -0.15) is 0 Å². The molecule has 0 N–H and O–H groups in total. The lowest BCUT2D eigenvalue weighted by atomic mass is 10.2. The third kappa shape index (κ3) is 2.77. The number of hydrogen-bond acceptors (Lipinski definition) is 2. The lowest BCUT2D eigenvalue weighted by molar-refractivity contribution is 0.0723. The van der Waals surface area contributed by atoms with Crippen molar-refractivity contribution >= 4 is 11.6 Å². The Bertz CT molecular complexity index is 914. The number of hydrogen-bond donors (Lipinski definition) is 0. The SMILES string of the molecule is Cc1ccn2cc(C(=O)N(Cc3ccccc3F)C3CC3)nc2c1. The van der Waals surface area contributed by atoms with Gasteiger partial charge in [-0.1, -0.05) is 18.2 Å². The number of carbonyl (C=O) groups excluding carboxylic acids is 1. The lowest BCUT2D eigenvalue weighted by Crippen LogP contribution is -2.33. The molecule has 2 heterocycles. The van der Waals surface area contributed by atoms with Gasteiger partial charge in [0.25, 0.3) is 5.91 Å². The highest BCUT2D eigenvalue weighted by atomic mass is 19.1. The van der Waals surface area contributed by atoms with E-state index >= 15 is 0 Å². The minimum Gasteiger partial charge on any atom is -0.330 e. The lowest BCUT2D eigenvalue weighted by Gasteiger charge is -2.21. The maximum atomic E-state index is 14.0. The van der Waals surface area contributed by atoms with Crippen molar-refractivity contribution in [3.05, 3.63) is 71.4 Å². The maximum absolute atomic E-state index is 14.0. The highest BCUT2D eigenvalue weighted by molar-refractivity contribution is 5.93. The summed E-state index contributed by atoms with van der Waals surface area (Å²) in [7, 11) is 0. The number of benzene rings is 1. The molecule has 0 spiro atoms. The van der Waals surface area contributed by atoms with Crippen LogP contribution in [0.5, 0.6) is 0 Å². The van der Waals surface area contributed by atoms with E-state index in [0.29, 0.717) is 11.3 Å². The molecule has 0 aliphatic heterocycles. The Morgan fingerprint density at radius 3 is 2.88 bits per heavy atom. The molecule has 0 atom stereocenters. The first kappa shape index (κ1) is 14.9. The predicted molar refractivity (Wildman–Crippen MR) is 89.2 cm³/mol. The van der Waals surface area contributed by atoms with Crippen LogP contribution in [0.4, 0.5) is 4.39 Å². The molecule has 5 heteroatoms. The van der Waals surface area contributed by atoms with Gasteiger partial charge in [-0.05, 0) is 43.5 Å². The van der Waals surface area contributed by atoms with Crippen molar-refractivity contribution < 1.29 is 9.18 Å². The summed E-state index contributed by atoms with van der Waals surface area (Å²) in [6.45, 7) is 2.27. The smallest absolute Gasteiger partial charge is 0.274 e. The molecule has 2 aromatic heterocycles. The number of halogens is 1. The van der Waals surface area contributed by atoms with Crippen LogP contribution in [0.2, 0.25) is 0 Å². The molecular weight excluding hydrogens is 305 g/mol. The first-order valence-corrected chi connectivity index (χ1v) is 8.11. The molecule has 1 aromatic carbocycles. The molecule has 4 rings (SSSR count). The van der Waals surface area contributed by atoms with Crippen molar-refractivity contribution in [1.82, 2.24) is 14.3 Å². The Hall–Kier alpha value is -2.69. The molecular formula is C19H18FN3O. The van der Waals surface area contributed by atoms with E-state index in [1.165, 1.54) is 6.07 Å². The topological polar surface area (TPSA) is 37.6 Å². The first-order chi connectivity index (χ1) is 11.6. The van der Waals surface area contributed by atoms with Gasteiger partial charge < -0.3 is 9.30 Å². The van der Waals surface area contributed by atoms with E-state index in [0.717, 1.165) is 24.1 Å². The van der Waals surface area contributed by atoms with Crippen LogP contribution in [-0.4, -0.2) is 26.2 Å². The molecule has 4 nitrogen and oxygen atoms in total. The number of fused-ring (bicyclic) bond motifs is 1. The first-order valence-electron chi connectivity index (χ1n) is 8.11. The molecule has 0 unspecified atom stereocenters. The highest BCUT2D eigenvalue weighted by Crippen LogP contribution is 2.30. The van der Waals surface area contributed by atoms with Gasteiger partial charge >= 0.3 is 0 Å². The fourth-order valence-corrected chi connectivity index (χ4v) is 2.90. The predicted octanol–water partition coefficient (Wildman–Crippen LogP) is 3.59. The summed E-state index contributed by atoms with van der Waals surface area (Å²) in [6, 6.07) is 10.7. The molecule has 1 aliphatic carbocycles. The van der Waals surface area contributed by atoms with Crippen molar-refractivity contribution in [2.75, 3.05) is 0 Å². The zero-order chi connectivity index (χ0) is 16.7. The Labute approximate surface area is 139 Å². The fourth-order valence-electron chi connectivity index (χ4n) is 2.90. The second-order valence-corrected chi connectivity index (χ2v) is 6.35. The summed E-state index contributed by atoms with van der Waals surface area (Å²) in [6.07, 6.45) is 5.57. The minimum absolute atomic E-state index is 0.137. The van der Waals surface area contributed by atoms with Crippen LogP contribution in [0.1, 0.15) is 34.5 Å². The molecule has 1 fully saturated rings. The van der Waals surface area contributed by atoms with Crippen molar-refractivity contribution in [2.24, 2.45) is 0 Å². The van der Waals surface area contributed by atoms with Gasteiger partial charge in [-0.3, -0.25) is 4.79 Å². The molecule has 122 valence electrons. The van der Waals surface area contributed by atoms with E-state index in [9.17, 15) is 9.18 Å². The molecule has 1 amide bonds. The standard InChI is InChI=1S/C19H18FN3O/c1-13-8-9-22-12-17(21-18(22)10-13)19(24)23(15-6-7-15)11-14-4-2-3-5-16(14)20/h2-5,8-10,12,15H,6-7,11H2,1H3. The number of carbonyl (C=O) groups is 1. The average Bonchev–Trinajstić information content (AvgIpc) is 3.32. The number of aryl methyl sites for hydroxylation is 1. The summed E-state index contributed by atoms with van der Waals surface area (Å²) >= 11 is 0. The second kappa shape index (κ2) is 5.74. The van der Waals surface area contributed by atoms with Crippen LogP contribution in [-0.2, 0) is 6.54 Å². The van der Waals surface area contributed by atoms with Crippen LogP contribution in [0.25, 0.3) is 5.65 Å². The van der Waals surface area contributed by atoms with Gasteiger partial charge in [0.15, 0.2) is 0 Å². The van der Waals surface area contributed by atoms with E-state index in [-0.39, 0.29) is 24.3 Å². The summed E-state index contributed by atoms with van der Waals surface area (Å²) in [5.74, 6) is -0.413. The van der Waals surface area contributed by atoms with Gasteiger partial charge in [0.05, 0.1) is 0 Å². The molecule has 1 aliphatic rings. The van der Waals surface area contributed by atoms with E-state index in [1.54, 1.807) is 29.3 Å². The molecule has 1 saturated carbocycles. The quantitative estimate of drug-likeness (QED) is 0.736. The van der Waals surface area contributed by atoms with E-state index in [4.69, 9.17) is 0 Å². The van der Waals surface area contributed by atoms with E-state index < -0.39 is 0 Å². The Morgan fingerprint density at radius 1 is 1.33 bits per heavy atom. The molecule has 0 saturated heterocycles. The maximum Gasteiger partial charge on any atom is 0.274 e. The summed E-state index contributed by atoms with van der Waals surface area (Å²) in [5.41, 5.74) is 2.79. The Morgan fingerprint density at radius 2 is 2.12 bits per heavy atom. The molecule has 0 bridgehead atoms. The summed E-state index contributed by atoms with van der Waals surface area (Å²) in [4.78, 5) is 19.1. The largest absolute Gasteiger partial charge is 0.330 e. The van der Waals surface area contributed by atoms with Crippen LogP contribution in [0.3, 0.4) is 0 Å². The second-order valence-electron chi connectivity index (χ2n) is 6.35. The zero-order valence-corrected chi connectivity index (χ0v) is 13.4. The van der Waals surface area contributed by atoms with E-state index in [1.807, 2.05) is 29.7 Å². The van der Waals surface area contributed by atoms with Gasteiger partial charge in [0.2, 0.25) is 0 Å². The number of imidazole rings is 1. The van der Waals surface area contributed by atoms with E-state index in [2.05, 4.69) is 4.98 Å². The highest BCUT2D eigenvalue weighted by Gasteiger charge is 2.34. The normalized spacial score (nSPS) is 14.1. The average molecular weight is 323 g/mol. The Kier molecular flexibility index (Phi) is 3.56. The van der Waals surface area contributed by atoms with Gasteiger partial charge in [0, 0.05) is 30.5 Å². The van der Waals surface area contributed by atoms with Crippen molar-refractivity contribution in [3.8, 4) is 0 Å². The van der Waals surface area contributed by atoms with Gasteiger partial charge in [-0.25, -0.2) is 9.37 Å². The van der Waals surface area contributed by atoms with Crippen LogP contribution >= 0.6 is 0 Å². The van der Waals surface area contributed by atoms with Gasteiger partial charge in [-0.15, -0.1) is 0 Å². The molecule has 24 heavy (non-hydrogen) atoms. The van der Waals surface area contributed by atoms with Crippen molar-refractivity contribution in [3.63, 3.8) is 0 Å². The van der Waals surface area contributed by atoms with Gasteiger partial charge in [0.1, 0.15) is 17.2 Å². The Balaban J connectivity index is 1.65. The number of amides is 1. The minimum atomic E-state index is -0.276. The van der Waals surface area contributed by atoms with Crippen molar-refractivity contribution in [2.45, 2.75) is 32.4 Å². The number of nitrogens with zero attached hydrogens (tertiary/aromatic N) is 3. The number of rotatable bonds is 4.